The Balaban J connectivity index is 2.03. The second kappa shape index (κ2) is 8.63. The van der Waals surface area contributed by atoms with Gasteiger partial charge in [-0.1, -0.05) is 11.3 Å². The molecule has 1 amide bonds. The summed E-state index contributed by atoms with van der Waals surface area (Å²) < 4.78 is 12.3. The van der Waals surface area contributed by atoms with Crippen molar-refractivity contribution in [3.63, 3.8) is 0 Å². The number of methoxy groups -OCH3 is 1. The minimum absolute atomic E-state index is 0.247. The number of hydrogen-bond donors (Lipinski definition) is 2. The number of fused-ring (bicyclic) bond motifs is 1. The number of aliphatic imine (C=N–C) groups is 1. The number of anilines is 2. The first kappa shape index (κ1) is 19.5. The first-order valence-corrected chi connectivity index (χ1v) is 9.72. The van der Waals surface area contributed by atoms with Gasteiger partial charge >= 0.3 is 0 Å². The molecule has 0 bridgehead atoms. The van der Waals surface area contributed by atoms with Gasteiger partial charge in [-0.15, -0.1) is 0 Å². The van der Waals surface area contributed by atoms with Crippen LogP contribution in [0.15, 0.2) is 21.4 Å². The van der Waals surface area contributed by atoms with Crippen LogP contribution in [-0.4, -0.2) is 62.6 Å². The Hall–Kier alpha value is -2.24. The van der Waals surface area contributed by atoms with Crippen LogP contribution in [0, 0.1) is 0 Å². The van der Waals surface area contributed by atoms with Crippen molar-refractivity contribution in [1.82, 2.24) is 9.97 Å². The van der Waals surface area contributed by atoms with Crippen LogP contribution in [-0.2, 0) is 9.53 Å². The van der Waals surface area contributed by atoms with Gasteiger partial charge in [0.2, 0.25) is 5.88 Å². The van der Waals surface area contributed by atoms with Crippen LogP contribution in [0.2, 0.25) is 0 Å². The van der Waals surface area contributed by atoms with E-state index in [1.807, 2.05) is 0 Å². The molecule has 144 valence electrons. The number of rotatable bonds is 5. The minimum Gasteiger partial charge on any atom is -0.479 e. The van der Waals surface area contributed by atoms with E-state index in [2.05, 4.69) is 41.1 Å². The predicted molar refractivity (Wildman–Crippen MR) is 110 cm³/mol. The molecule has 0 radical (unpaired) electrons. The molecule has 0 saturated carbocycles. The molecule has 2 aromatic rings. The first-order chi connectivity index (χ1) is 13.1. The molecule has 0 aliphatic carbocycles. The third-order valence-electron chi connectivity index (χ3n) is 3.89. The second-order valence-corrected chi connectivity index (χ2v) is 7.27. The molecule has 0 unspecified atom stereocenters. The van der Waals surface area contributed by atoms with Gasteiger partial charge in [-0.05, 0) is 15.9 Å². The fourth-order valence-electron chi connectivity index (χ4n) is 2.66. The zero-order valence-corrected chi connectivity index (χ0v) is 17.3. The van der Waals surface area contributed by atoms with Crippen molar-refractivity contribution in [2.45, 2.75) is 0 Å². The van der Waals surface area contributed by atoms with Gasteiger partial charge in [0.05, 0.1) is 36.3 Å². The summed E-state index contributed by atoms with van der Waals surface area (Å²) in [5, 5.41) is 3.18. The lowest BCUT2D eigenvalue weighted by Gasteiger charge is -2.29. The van der Waals surface area contributed by atoms with Crippen LogP contribution in [0.4, 0.5) is 10.8 Å². The maximum atomic E-state index is 12.4. The fraction of sp³-hybridized carbons (Fsp3) is 0.375. The number of nitrogens with one attached hydrogen (secondary N) is 1. The van der Waals surface area contributed by atoms with Crippen molar-refractivity contribution < 1.29 is 14.3 Å². The SMILES string of the molecule is CN=C/C(=C\N)C(=O)Nc1nc2c(OC)nc(Br)c(N3CCOCC3)c2s1. The number of carbonyl (C=O) groups excluding carboxylic acids is 1. The molecule has 1 fully saturated rings. The topological polar surface area (TPSA) is 115 Å². The van der Waals surface area contributed by atoms with E-state index in [-0.39, 0.29) is 11.5 Å². The molecule has 3 rings (SSSR count). The molecule has 9 nitrogen and oxygen atoms in total. The largest absolute Gasteiger partial charge is 0.479 e. The van der Waals surface area contributed by atoms with Crippen molar-refractivity contribution >= 4 is 60.4 Å². The van der Waals surface area contributed by atoms with Crippen LogP contribution >= 0.6 is 27.3 Å². The number of pyridine rings is 1. The van der Waals surface area contributed by atoms with E-state index in [4.69, 9.17) is 15.2 Å². The number of ether oxygens (including phenoxy) is 2. The van der Waals surface area contributed by atoms with Gasteiger partial charge in [-0.25, -0.2) is 9.97 Å². The number of amides is 1. The van der Waals surface area contributed by atoms with Crippen LogP contribution < -0.4 is 20.7 Å². The Bertz CT molecular complexity index is 907. The molecule has 1 aliphatic heterocycles. The van der Waals surface area contributed by atoms with Crippen LogP contribution in [0.3, 0.4) is 0 Å². The van der Waals surface area contributed by atoms with E-state index in [1.54, 1.807) is 7.05 Å². The van der Waals surface area contributed by atoms with E-state index < -0.39 is 0 Å². The van der Waals surface area contributed by atoms with E-state index in [0.717, 1.165) is 23.5 Å². The smallest absolute Gasteiger partial charge is 0.260 e. The highest BCUT2D eigenvalue weighted by Crippen LogP contribution is 2.42. The number of nitrogens with two attached hydrogens (primary N) is 1. The highest BCUT2D eigenvalue weighted by Gasteiger charge is 2.24. The summed E-state index contributed by atoms with van der Waals surface area (Å²) in [6.45, 7) is 2.77. The second-order valence-electron chi connectivity index (χ2n) is 5.52. The lowest BCUT2D eigenvalue weighted by Crippen LogP contribution is -2.36. The number of carbonyl (C=O) groups is 1. The molecular weight excluding hydrogens is 436 g/mol. The number of aromatic nitrogens is 2. The summed E-state index contributed by atoms with van der Waals surface area (Å²) in [5.74, 6) is -0.00332. The maximum Gasteiger partial charge on any atom is 0.260 e. The number of halogens is 1. The quantitative estimate of drug-likeness (QED) is 0.401. The Morgan fingerprint density at radius 1 is 1.44 bits per heavy atom. The van der Waals surface area contributed by atoms with E-state index in [1.165, 1.54) is 30.9 Å². The number of hydrogen-bond acceptors (Lipinski definition) is 9. The number of morpholine rings is 1. The van der Waals surface area contributed by atoms with Gasteiger partial charge in [-0.2, -0.15) is 0 Å². The van der Waals surface area contributed by atoms with Gasteiger partial charge in [0.15, 0.2) is 5.13 Å². The Morgan fingerprint density at radius 2 is 2.19 bits per heavy atom. The number of thiazole rings is 1. The lowest BCUT2D eigenvalue weighted by molar-refractivity contribution is -0.112. The maximum absolute atomic E-state index is 12.4. The zero-order valence-electron chi connectivity index (χ0n) is 14.9. The molecular formula is C16H19BrN6O3S. The van der Waals surface area contributed by atoms with Crippen LogP contribution in [0.5, 0.6) is 5.88 Å². The van der Waals surface area contributed by atoms with Crippen LogP contribution in [0.1, 0.15) is 0 Å². The highest BCUT2D eigenvalue weighted by atomic mass is 79.9. The Kier molecular flexibility index (Phi) is 6.24. The summed E-state index contributed by atoms with van der Waals surface area (Å²) in [6, 6.07) is 0. The third kappa shape index (κ3) is 4.04. The molecule has 3 N–H and O–H groups in total. The molecule has 2 aromatic heterocycles. The molecule has 27 heavy (non-hydrogen) atoms. The van der Waals surface area contributed by atoms with Gasteiger partial charge < -0.3 is 20.1 Å². The first-order valence-electron chi connectivity index (χ1n) is 8.11. The van der Waals surface area contributed by atoms with Crippen LogP contribution in [0.25, 0.3) is 10.2 Å². The monoisotopic (exact) mass is 454 g/mol. The van der Waals surface area contributed by atoms with E-state index in [9.17, 15) is 4.79 Å². The van der Waals surface area contributed by atoms with Gasteiger partial charge in [0.1, 0.15) is 10.1 Å². The number of nitrogens with zero attached hydrogens (tertiary/aromatic N) is 4. The normalized spacial score (nSPS) is 15.5. The molecule has 1 aliphatic rings. The standard InChI is InChI=1S/C16H19BrN6O3S/c1-19-8-9(7-18)14(24)22-16-20-10-12(27-16)11(13(17)21-15(10)25-2)23-3-5-26-6-4-23/h7-8H,3-6,18H2,1-2H3,(H,20,22,24)/b9-7+,19-8?. The summed E-state index contributed by atoms with van der Waals surface area (Å²) in [5.41, 5.74) is 7.24. The van der Waals surface area contributed by atoms with Crippen molar-refractivity contribution in [3.8, 4) is 5.88 Å². The average Bonchev–Trinajstić information content (AvgIpc) is 3.09. The summed E-state index contributed by atoms with van der Waals surface area (Å²) in [4.78, 5) is 27.3. The van der Waals surface area contributed by atoms with E-state index >= 15 is 0 Å². The molecule has 11 heteroatoms. The fourth-order valence-corrected chi connectivity index (χ4v) is 4.42. The predicted octanol–water partition coefficient (Wildman–Crippen LogP) is 1.78. The Morgan fingerprint density at radius 3 is 2.81 bits per heavy atom. The zero-order chi connectivity index (χ0) is 19.4. The molecule has 3 heterocycles. The van der Waals surface area contributed by atoms with Gasteiger partial charge in [0, 0.05) is 32.6 Å². The average molecular weight is 455 g/mol. The molecule has 0 spiro atoms. The Labute approximate surface area is 168 Å². The molecule has 1 saturated heterocycles. The highest BCUT2D eigenvalue weighted by molar-refractivity contribution is 9.10. The van der Waals surface area contributed by atoms with Crippen molar-refractivity contribution in [2.24, 2.45) is 10.7 Å². The summed E-state index contributed by atoms with van der Waals surface area (Å²) in [7, 11) is 3.10. The summed E-state index contributed by atoms with van der Waals surface area (Å²) >= 11 is 4.88. The van der Waals surface area contributed by atoms with Crippen molar-refractivity contribution in [2.75, 3.05) is 50.7 Å². The van der Waals surface area contributed by atoms with Gasteiger partial charge in [0.25, 0.3) is 5.91 Å². The summed E-state index contributed by atoms with van der Waals surface area (Å²) in [6.07, 6.45) is 2.59. The third-order valence-corrected chi connectivity index (χ3v) is 5.42. The van der Waals surface area contributed by atoms with E-state index in [0.29, 0.717) is 34.3 Å². The van der Waals surface area contributed by atoms with Gasteiger partial charge in [-0.3, -0.25) is 15.1 Å². The van der Waals surface area contributed by atoms with Crippen molar-refractivity contribution in [1.29, 1.82) is 0 Å². The lowest BCUT2D eigenvalue weighted by atomic mass is 10.3. The minimum atomic E-state index is -0.388. The molecule has 0 aromatic carbocycles. The molecule has 0 atom stereocenters. The van der Waals surface area contributed by atoms with Crippen molar-refractivity contribution in [3.05, 3.63) is 16.4 Å².